The van der Waals surface area contributed by atoms with Crippen molar-refractivity contribution in [1.82, 2.24) is 9.78 Å². The van der Waals surface area contributed by atoms with Gasteiger partial charge in [0.1, 0.15) is 5.69 Å². The Hall–Kier alpha value is -2.10. The Kier molecular flexibility index (Phi) is 3.23. The van der Waals surface area contributed by atoms with Crippen LogP contribution in [-0.4, -0.2) is 20.9 Å². The van der Waals surface area contributed by atoms with Gasteiger partial charge in [0.2, 0.25) is 0 Å². The molecule has 0 spiro atoms. The maximum Gasteiger partial charge on any atom is 0.354 e. The van der Waals surface area contributed by atoms with Crippen LogP contribution in [0.4, 0.5) is 0 Å². The first-order chi connectivity index (χ1) is 8.20. The zero-order valence-electron chi connectivity index (χ0n) is 9.63. The highest BCUT2D eigenvalue weighted by Gasteiger charge is 2.09. The number of rotatable bonds is 4. The lowest BCUT2D eigenvalue weighted by molar-refractivity contribution is 0.0684. The lowest BCUT2D eigenvalue weighted by atomic mass is 10.1. The van der Waals surface area contributed by atoms with E-state index in [2.05, 4.69) is 24.2 Å². The van der Waals surface area contributed by atoms with Crippen LogP contribution in [0.3, 0.4) is 0 Å². The summed E-state index contributed by atoms with van der Waals surface area (Å²) >= 11 is 0. The van der Waals surface area contributed by atoms with Crippen molar-refractivity contribution in [3.05, 3.63) is 53.3 Å². The van der Waals surface area contributed by atoms with Crippen molar-refractivity contribution in [1.29, 1.82) is 0 Å². The topological polar surface area (TPSA) is 55.1 Å². The van der Waals surface area contributed by atoms with Crippen molar-refractivity contribution >= 4 is 5.97 Å². The number of carbonyl (C=O) groups is 1. The number of carboxylic acids is 1. The molecule has 17 heavy (non-hydrogen) atoms. The fourth-order valence-corrected chi connectivity index (χ4v) is 1.69. The van der Waals surface area contributed by atoms with Crippen molar-refractivity contribution in [2.24, 2.45) is 0 Å². The molecule has 0 amide bonds. The molecule has 1 aromatic heterocycles. The van der Waals surface area contributed by atoms with Crippen LogP contribution in [0.25, 0.3) is 0 Å². The maximum absolute atomic E-state index is 10.9. The molecule has 4 nitrogen and oxygen atoms in total. The summed E-state index contributed by atoms with van der Waals surface area (Å²) in [5.41, 5.74) is 2.53. The second-order valence-electron chi connectivity index (χ2n) is 3.85. The van der Waals surface area contributed by atoms with Gasteiger partial charge in [0, 0.05) is 6.20 Å². The molecule has 0 radical (unpaired) electrons. The summed E-state index contributed by atoms with van der Waals surface area (Å²) in [7, 11) is 0. The third kappa shape index (κ3) is 2.53. The van der Waals surface area contributed by atoms with Gasteiger partial charge in [-0.05, 0) is 23.6 Å². The van der Waals surface area contributed by atoms with Gasteiger partial charge < -0.3 is 5.11 Å². The first kappa shape index (κ1) is 11.4. The minimum absolute atomic E-state index is 0.213. The number of aromatic carboxylic acids is 1. The first-order valence-corrected chi connectivity index (χ1v) is 5.53. The molecular formula is C13H14N2O2. The Labute approximate surface area is 99.5 Å². The lowest BCUT2D eigenvalue weighted by Gasteiger charge is -2.05. The lowest BCUT2D eigenvalue weighted by Crippen LogP contribution is -2.10. The Morgan fingerprint density at radius 2 is 1.88 bits per heavy atom. The van der Waals surface area contributed by atoms with E-state index in [1.54, 1.807) is 0 Å². The third-order valence-corrected chi connectivity index (χ3v) is 2.70. The molecule has 0 saturated carbocycles. The second kappa shape index (κ2) is 4.82. The minimum Gasteiger partial charge on any atom is -0.477 e. The third-order valence-electron chi connectivity index (χ3n) is 2.70. The average Bonchev–Trinajstić information content (AvgIpc) is 2.78. The minimum atomic E-state index is -0.951. The molecule has 0 aliphatic heterocycles. The number of carboxylic acid groups (broad SMARTS) is 1. The monoisotopic (exact) mass is 230 g/mol. The second-order valence-corrected chi connectivity index (χ2v) is 3.85. The molecule has 4 heteroatoms. The summed E-state index contributed by atoms with van der Waals surface area (Å²) < 4.78 is 1.49. The van der Waals surface area contributed by atoms with E-state index < -0.39 is 5.97 Å². The number of aromatic nitrogens is 2. The number of nitrogens with zero attached hydrogens (tertiary/aromatic N) is 2. The molecule has 0 atom stereocenters. The summed E-state index contributed by atoms with van der Waals surface area (Å²) in [6.07, 6.45) is 2.51. The fraction of sp³-hybridized carbons (Fsp3) is 0.231. The number of aryl methyl sites for hydroxylation is 1. The predicted molar refractivity (Wildman–Crippen MR) is 64.1 cm³/mol. The van der Waals surface area contributed by atoms with Crippen molar-refractivity contribution in [2.75, 3.05) is 0 Å². The molecule has 0 unspecified atom stereocenters. The molecule has 1 N–H and O–H groups in total. The van der Waals surface area contributed by atoms with Gasteiger partial charge in [-0.2, -0.15) is 5.10 Å². The molecule has 0 bridgehead atoms. The van der Waals surface area contributed by atoms with E-state index in [0.717, 1.165) is 12.0 Å². The molecule has 0 aliphatic carbocycles. The number of hydrogen-bond acceptors (Lipinski definition) is 2. The highest BCUT2D eigenvalue weighted by atomic mass is 16.4. The Morgan fingerprint density at radius 1 is 1.24 bits per heavy atom. The summed E-state index contributed by atoms with van der Waals surface area (Å²) in [5, 5.41) is 13.0. The zero-order valence-corrected chi connectivity index (χ0v) is 9.63. The standard InChI is InChI=1S/C13H14N2O2/c1-2-10-3-5-11(6-4-10)9-15-12(13(16)17)7-8-14-15/h3-8H,2,9H2,1H3,(H,16,17). The molecule has 2 rings (SSSR count). The quantitative estimate of drug-likeness (QED) is 0.876. The molecule has 88 valence electrons. The molecule has 0 saturated heterocycles. The van der Waals surface area contributed by atoms with Crippen LogP contribution in [0.15, 0.2) is 36.5 Å². The van der Waals surface area contributed by atoms with Gasteiger partial charge in [-0.15, -0.1) is 0 Å². The Morgan fingerprint density at radius 3 is 2.47 bits per heavy atom. The smallest absolute Gasteiger partial charge is 0.354 e. The normalized spacial score (nSPS) is 10.4. The predicted octanol–water partition coefficient (Wildman–Crippen LogP) is 2.19. The molecule has 0 fully saturated rings. The van der Waals surface area contributed by atoms with Crippen LogP contribution in [0, 0.1) is 0 Å². The average molecular weight is 230 g/mol. The number of hydrogen-bond donors (Lipinski definition) is 1. The molecule has 0 aliphatic rings. The van der Waals surface area contributed by atoms with Crippen molar-refractivity contribution in [3.8, 4) is 0 Å². The van der Waals surface area contributed by atoms with Crippen molar-refractivity contribution in [3.63, 3.8) is 0 Å². The highest BCUT2D eigenvalue weighted by Crippen LogP contribution is 2.08. The van der Waals surface area contributed by atoms with E-state index in [1.165, 1.54) is 22.5 Å². The molecule has 1 heterocycles. The number of benzene rings is 1. The summed E-state index contributed by atoms with van der Waals surface area (Å²) in [6.45, 7) is 2.59. The van der Waals surface area contributed by atoms with E-state index in [-0.39, 0.29) is 5.69 Å². The zero-order chi connectivity index (χ0) is 12.3. The van der Waals surface area contributed by atoms with Crippen LogP contribution < -0.4 is 0 Å². The Bertz CT molecular complexity index is 514. The molecular weight excluding hydrogens is 216 g/mol. The largest absolute Gasteiger partial charge is 0.477 e. The van der Waals surface area contributed by atoms with E-state index >= 15 is 0 Å². The SMILES string of the molecule is CCc1ccc(Cn2nccc2C(=O)O)cc1. The van der Waals surface area contributed by atoms with Gasteiger partial charge in [0.25, 0.3) is 0 Å². The summed E-state index contributed by atoms with van der Waals surface area (Å²) in [4.78, 5) is 10.9. The van der Waals surface area contributed by atoms with Gasteiger partial charge in [0.15, 0.2) is 0 Å². The summed E-state index contributed by atoms with van der Waals surface area (Å²) in [5.74, 6) is -0.951. The van der Waals surface area contributed by atoms with Crippen molar-refractivity contribution in [2.45, 2.75) is 19.9 Å². The highest BCUT2D eigenvalue weighted by molar-refractivity contribution is 5.85. The van der Waals surface area contributed by atoms with E-state index in [4.69, 9.17) is 5.11 Å². The van der Waals surface area contributed by atoms with Crippen LogP contribution in [0.5, 0.6) is 0 Å². The van der Waals surface area contributed by atoms with Gasteiger partial charge in [-0.1, -0.05) is 31.2 Å². The van der Waals surface area contributed by atoms with Gasteiger partial charge in [0.05, 0.1) is 6.54 Å². The van der Waals surface area contributed by atoms with Gasteiger partial charge >= 0.3 is 5.97 Å². The maximum atomic E-state index is 10.9. The van der Waals surface area contributed by atoms with E-state index in [1.807, 2.05) is 12.1 Å². The van der Waals surface area contributed by atoms with Gasteiger partial charge in [-0.25, -0.2) is 4.79 Å². The van der Waals surface area contributed by atoms with E-state index in [9.17, 15) is 4.79 Å². The van der Waals surface area contributed by atoms with Crippen LogP contribution in [0.2, 0.25) is 0 Å². The van der Waals surface area contributed by atoms with Gasteiger partial charge in [-0.3, -0.25) is 4.68 Å². The van der Waals surface area contributed by atoms with Crippen LogP contribution in [-0.2, 0) is 13.0 Å². The molecule has 1 aromatic carbocycles. The first-order valence-electron chi connectivity index (χ1n) is 5.53. The Balaban J connectivity index is 2.19. The van der Waals surface area contributed by atoms with Crippen molar-refractivity contribution < 1.29 is 9.90 Å². The molecule has 2 aromatic rings. The van der Waals surface area contributed by atoms with Crippen LogP contribution >= 0.6 is 0 Å². The fourth-order valence-electron chi connectivity index (χ4n) is 1.69. The van der Waals surface area contributed by atoms with Crippen LogP contribution in [0.1, 0.15) is 28.5 Å². The summed E-state index contributed by atoms with van der Waals surface area (Å²) in [6, 6.07) is 9.62. The van der Waals surface area contributed by atoms with E-state index in [0.29, 0.717) is 6.54 Å².